The zero-order chi connectivity index (χ0) is 21.9. The van der Waals surface area contributed by atoms with E-state index in [1.807, 2.05) is 35.2 Å². The predicted octanol–water partition coefficient (Wildman–Crippen LogP) is 3.92. The van der Waals surface area contributed by atoms with Crippen molar-refractivity contribution in [3.8, 4) is 11.3 Å². The van der Waals surface area contributed by atoms with Crippen LogP contribution in [-0.2, 0) is 6.54 Å². The molecule has 1 aliphatic heterocycles. The molecule has 2 aromatic carbocycles. The summed E-state index contributed by atoms with van der Waals surface area (Å²) in [5.41, 5.74) is 3.38. The van der Waals surface area contributed by atoms with Gasteiger partial charge in [-0.3, -0.25) is 0 Å². The van der Waals surface area contributed by atoms with Crippen LogP contribution in [0.4, 0.5) is 15.0 Å². The average Bonchev–Trinajstić information content (AvgIpc) is 3.28. The zero-order valence-electron chi connectivity index (χ0n) is 17.2. The number of fused-ring (bicyclic) bond motifs is 1. The van der Waals surface area contributed by atoms with Gasteiger partial charge in [-0.25, -0.2) is 19.2 Å². The molecule has 0 aliphatic carbocycles. The second kappa shape index (κ2) is 8.88. The fraction of sp³-hybridized carbons (Fsp3) is 0.217. The smallest absolute Gasteiger partial charge is 0.317 e. The van der Waals surface area contributed by atoms with E-state index in [1.165, 1.54) is 30.0 Å². The molecule has 0 spiro atoms. The van der Waals surface area contributed by atoms with Crippen molar-refractivity contribution in [1.82, 2.24) is 24.6 Å². The molecular weight excluding hydrogens is 427 g/mol. The number of nitrogens with zero attached hydrogens (tertiary/aromatic N) is 5. The standard InChI is InChI=1S/C23H21FN6OS/c24-18-8-6-17(7-9-18)19-20-21(32-28-19)22(27-15-26-20)29-10-12-30(13-11-29)23(31)25-14-16-4-2-1-3-5-16/h1-9,15H,10-14H2,(H,25,31). The average molecular weight is 449 g/mol. The van der Waals surface area contributed by atoms with Gasteiger partial charge in [0.05, 0.1) is 0 Å². The summed E-state index contributed by atoms with van der Waals surface area (Å²) in [5, 5.41) is 2.99. The van der Waals surface area contributed by atoms with Crippen molar-refractivity contribution in [2.45, 2.75) is 6.54 Å². The Hall–Kier alpha value is -3.59. The molecule has 1 aliphatic rings. The number of carbonyl (C=O) groups excluding carboxylic acids is 1. The Morgan fingerprint density at radius 3 is 2.50 bits per heavy atom. The lowest BCUT2D eigenvalue weighted by Crippen LogP contribution is -2.51. The molecule has 1 fully saturated rings. The van der Waals surface area contributed by atoms with Crippen LogP contribution in [0.2, 0.25) is 0 Å². The van der Waals surface area contributed by atoms with Gasteiger partial charge in [0, 0.05) is 38.3 Å². The van der Waals surface area contributed by atoms with Crippen LogP contribution in [0, 0.1) is 5.82 Å². The van der Waals surface area contributed by atoms with Gasteiger partial charge < -0.3 is 15.1 Å². The number of nitrogens with one attached hydrogen (secondary N) is 1. The Labute approximate surface area is 188 Å². The third kappa shape index (κ3) is 4.11. The van der Waals surface area contributed by atoms with E-state index in [-0.39, 0.29) is 11.8 Å². The van der Waals surface area contributed by atoms with E-state index in [0.29, 0.717) is 32.7 Å². The lowest BCUT2D eigenvalue weighted by molar-refractivity contribution is 0.194. The maximum Gasteiger partial charge on any atom is 0.317 e. The number of hydrogen-bond acceptors (Lipinski definition) is 6. The van der Waals surface area contributed by atoms with Crippen LogP contribution in [0.1, 0.15) is 5.56 Å². The molecule has 32 heavy (non-hydrogen) atoms. The van der Waals surface area contributed by atoms with Crippen molar-refractivity contribution >= 4 is 33.6 Å². The first-order valence-corrected chi connectivity index (χ1v) is 11.1. The molecule has 2 amide bonds. The molecule has 0 atom stereocenters. The Morgan fingerprint density at radius 2 is 1.75 bits per heavy atom. The summed E-state index contributed by atoms with van der Waals surface area (Å²) < 4.78 is 18.7. The first-order chi connectivity index (χ1) is 15.7. The summed E-state index contributed by atoms with van der Waals surface area (Å²) >= 11 is 1.34. The lowest BCUT2D eigenvalue weighted by Gasteiger charge is -2.35. The van der Waals surface area contributed by atoms with Gasteiger partial charge in [-0.15, -0.1) is 0 Å². The number of piperazine rings is 1. The number of benzene rings is 2. The highest BCUT2D eigenvalue weighted by Gasteiger charge is 2.24. The lowest BCUT2D eigenvalue weighted by atomic mass is 10.1. The Balaban J connectivity index is 1.27. The molecule has 7 nitrogen and oxygen atoms in total. The van der Waals surface area contributed by atoms with Crippen molar-refractivity contribution in [3.05, 3.63) is 72.3 Å². The number of anilines is 1. The molecular formula is C23H21FN6OS. The van der Waals surface area contributed by atoms with Crippen LogP contribution in [0.3, 0.4) is 0 Å². The second-order valence-corrected chi connectivity index (χ2v) is 8.30. The van der Waals surface area contributed by atoms with Crippen LogP contribution in [0.25, 0.3) is 21.5 Å². The van der Waals surface area contributed by atoms with Crippen LogP contribution in [-0.4, -0.2) is 51.5 Å². The molecule has 0 radical (unpaired) electrons. The van der Waals surface area contributed by atoms with Gasteiger partial charge in [-0.1, -0.05) is 30.3 Å². The van der Waals surface area contributed by atoms with Crippen LogP contribution in [0.15, 0.2) is 60.9 Å². The Kier molecular flexibility index (Phi) is 5.64. The molecule has 3 heterocycles. The van der Waals surface area contributed by atoms with Gasteiger partial charge in [-0.2, -0.15) is 4.37 Å². The van der Waals surface area contributed by atoms with Crippen LogP contribution >= 0.6 is 11.5 Å². The fourth-order valence-corrected chi connectivity index (χ4v) is 4.65. The van der Waals surface area contributed by atoms with Crippen LogP contribution in [0.5, 0.6) is 0 Å². The minimum Gasteiger partial charge on any atom is -0.352 e. The van der Waals surface area contributed by atoms with Crippen molar-refractivity contribution < 1.29 is 9.18 Å². The highest BCUT2D eigenvalue weighted by atomic mass is 32.1. The van der Waals surface area contributed by atoms with E-state index in [4.69, 9.17) is 0 Å². The molecule has 0 saturated carbocycles. The van der Waals surface area contributed by atoms with Gasteiger partial charge in [0.2, 0.25) is 0 Å². The Morgan fingerprint density at radius 1 is 1.00 bits per heavy atom. The van der Waals surface area contributed by atoms with Gasteiger partial charge in [0.1, 0.15) is 28.1 Å². The molecule has 9 heteroatoms. The topological polar surface area (TPSA) is 74.2 Å². The van der Waals surface area contributed by atoms with E-state index in [9.17, 15) is 9.18 Å². The second-order valence-electron chi connectivity index (χ2n) is 7.53. The largest absolute Gasteiger partial charge is 0.352 e. The minimum atomic E-state index is -0.283. The first kappa shape index (κ1) is 20.3. The summed E-state index contributed by atoms with van der Waals surface area (Å²) in [6, 6.07) is 16.1. The van der Waals surface area contributed by atoms with Gasteiger partial charge in [0.15, 0.2) is 5.82 Å². The van der Waals surface area contributed by atoms with E-state index >= 15 is 0 Å². The number of urea groups is 1. The fourth-order valence-electron chi connectivity index (χ4n) is 3.78. The minimum absolute atomic E-state index is 0.0577. The van der Waals surface area contributed by atoms with E-state index < -0.39 is 0 Å². The first-order valence-electron chi connectivity index (χ1n) is 10.4. The summed E-state index contributed by atoms with van der Waals surface area (Å²) in [6.07, 6.45) is 1.54. The number of carbonyl (C=O) groups is 1. The highest BCUT2D eigenvalue weighted by Crippen LogP contribution is 2.34. The summed E-state index contributed by atoms with van der Waals surface area (Å²) in [6.45, 7) is 3.08. The monoisotopic (exact) mass is 448 g/mol. The van der Waals surface area contributed by atoms with E-state index in [1.54, 1.807) is 12.1 Å². The third-order valence-corrected chi connectivity index (χ3v) is 6.34. The molecule has 0 unspecified atom stereocenters. The summed E-state index contributed by atoms with van der Waals surface area (Å²) in [5.74, 6) is 0.541. The van der Waals surface area contributed by atoms with Gasteiger partial charge in [0.25, 0.3) is 0 Å². The quantitative estimate of drug-likeness (QED) is 0.512. The number of aromatic nitrogens is 3. The van der Waals surface area contributed by atoms with E-state index in [2.05, 4.69) is 24.6 Å². The number of halogens is 1. The highest BCUT2D eigenvalue weighted by molar-refractivity contribution is 7.14. The molecule has 2 aromatic heterocycles. The van der Waals surface area contributed by atoms with Crippen molar-refractivity contribution in [2.75, 3.05) is 31.1 Å². The summed E-state index contributed by atoms with van der Waals surface area (Å²) in [4.78, 5) is 25.5. The zero-order valence-corrected chi connectivity index (χ0v) is 18.1. The van der Waals surface area contributed by atoms with Crippen LogP contribution < -0.4 is 10.2 Å². The normalized spacial score (nSPS) is 14.0. The Bertz CT molecular complexity index is 1220. The molecule has 1 N–H and O–H groups in total. The van der Waals surface area contributed by atoms with Crippen molar-refractivity contribution in [3.63, 3.8) is 0 Å². The van der Waals surface area contributed by atoms with Gasteiger partial charge in [-0.05, 0) is 41.4 Å². The molecule has 1 saturated heterocycles. The third-order valence-electron chi connectivity index (χ3n) is 5.51. The maximum atomic E-state index is 13.3. The number of hydrogen-bond donors (Lipinski definition) is 1. The number of rotatable bonds is 4. The van der Waals surface area contributed by atoms with E-state index in [0.717, 1.165) is 32.9 Å². The van der Waals surface area contributed by atoms with Crippen molar-refractivity contribution in [2.24, 2.45) is 0 Å². The molecule has 4 aromatic rings. The van der Waals surface area contributed by atoms with Crippen molar-refractivity contribution in [1.29, 1.82) is 0 Å². The van der Waals surface area contributed by atoms with Gasteiger partial charge >= 0.3 is 6.03 Å². The SMILES string of the molecule is O=C(NCc1ccccc1)N1CCN(c2ncnc3c(-c4ccc(F)cc4)nsc23)CC1. The summed E-state index contributed by atoms with van der Waals surface area (Å²) in [7, 11) is 0. The molecule has 5 rings (SSSR count). The molecule has 0 bridgehead atoms. The maximum absolute atomic E-state index is 13.3. The molecule has 162 valence electrons. The predicted molar refractivity (Wildman–Crippen MR) is 123 cm³/mol. The number of amides is 2.